The zero-order valence-electron chi connectivity index (χ0n) is 9.59. The van der Waals surface area contributed by atoms with E-state index < -0.39 is 31.0 Å². The first-order valence-corrected chi connectivity index (χ1v) is 5.42. The van der Waals surface area contributed by atoms with Crippen LogP contribution in [0.25, 0.3) is 0 Å². The molecule has 0 unspecified atom stereocenters. The van der Waals surface area contributed by atoms with Gasteiger partial charge in [0, 0.05) is 0 Å². The first kappa shape index (κ1) is 14.6. The fourth-order valence-electron chi connectivity index (χ4n) is 1.36. The summed E-state index contributed by atoms with van der Waals surface area (Å²) in [5.41, 5.74) is 0. The number of aldehydes is 1. The van der Waals surface area contributed by atoms with Crippen molar-refractivity contribution in [3.05, 3.63) is 30.3 Å². The van der Waals surface area contributed by atoms with E-state index in [1.54, 1.807) is 30.3 Å². The van der Waals surface area contributed by atoms with Crippen LogP contribution in [-0.2, 0) is 4.79 Å². The summed E-state index contributed by atoms with van der Waals surface area (Å²) in [4.78, 5) is 10.8. The van der Waals surface area contributed by atoms with Crippen LogP contribution in [-0.4, -0.2) is 57.7 Å². The first-order valence-electron chi connectivity index (χ1n) is 5.42. The van der Waals surface area contributed by atoms with Gasteiger partial charge in [-0.2, -0.15) is 0 Å². The van der Waals surface area contributed by atoms with Crippen LogP contribution in [0, 0.1) is 0 Å². The Bertz CT molecular complexity index is 355. The number of benzene rings is 1. The maximum atomic E-state index is 10.8. The van der Waals surface area contributed by atoms with Gasteiger partial charge in [-0.3, -0.25) is 4.79 Å². The number of para-hydroxylation sites is 1. The van der Waals surface area contributed by atoms with Crippen LogP contribution < -0.4 is 4.74 Å². The fourth-order valence-corrected chi connectivity index (χ4v) is 1.36. The lowest BCUT2D eigenvalue weighted by Crippen LogP contribution is -2.48. The van der Waals surface area contributed by atoms with Gasteiger partial charge in [0.2, 0.25) is 0 Å². The summed E-state index contributed by atoms with van der Waals surface area (Å²) in [7, 11) is 0. The van der Waals surface area contributed by atoms with Crippen LogP contribution in [0.5, 0.6) is 5.75 Å². The molecule has 6 nitrogen and oxygen atoms in total. The molecule has 1 aromatic carbocycles. The lowest BCUT2D eigenvalue weighted by Gasteiger charge is -2.26. The van der Waals surface area contributed by atoms with E-state index in [4.69, 9.17) is 9.84 Å². The number of hydrogen-bond donors (Lipinski definition) is 4. The molecule has 1 rings (SSSR count). The summed E-state index contributed by atoms with van der Waals surface area (Å²) in [6.07, 6.45) is -5.85. The van der Waals surface area contributed by atoms with Gasteiger partial charge in [-0.15, -0.1) is 0 Å². The van der Waals surface area contributed by atoms with E-state index in [-0.39, 0.29) is 0 Å². The Balaban J connectivity index is 2.68. The van der Waals surface area contributed by atoms with E-state index in [1.807, 2.05) is 0 Å². The van der Waals surface area contributed by atoms with Gasteiger partial charge in [-0.1, -0.05) is 18.2 Å². The monoisotopic (exact) mass is 256 g/mol. The zero-order valence-corrected chi connectivity index (χ0v) is 9.59. The minimum atomic E-state index is -1.67. The molecule has 0 saturated heterocycles. The Hall–Kier alpha value is -1.47. The van der Waals surface area contributed by atoms with Crippen molar-refractivity contribution in [2.45, 2.75) is 24.4 Å². The molecule has 6 heteroatoms. The van der Waals surface area contributed by atoms with Crippen LogP contribution in [0.15, 0.2) is 30.3 Å². The smallest absolute Gasteiger partial charge is 0.182 e. The molecule has 0 aliphatic heterocycles. The molecular formula is C12H16O6. The molecule has 0 radical (unpaired) electrons. The van der Waals surface area contributed by atoms with Crippen molar-refractivity contribution < 1.29 is 30.0 Å². The normalized spacial score (nSPS) is 17.6. The summed E-state index contributed by atoms with van der Waals surface area (Å²) in [5, 5.41) is 37.0. The number of ether oxygens (including phenoxy) is 1. The van der Waals surface area contributed by atoms with Gasteiger partial charge >= 0.3 is 0 Å². The van der Waals surface area contributed by atoms with E-state index in [2.05, 4.69) is 0 Å². The third-order valence-corrected chi connectivity index (χ3v) is 2.42. The summed E-state index contributed by atoms with van der Waals surface area (Å²) in [6.45, 7) is -0.727. The number of rotatable bonds is 7. The average molecular weight is 256 g/mol. The van der Waals surface area contributed by atoms with Crippen molar-refractivity contribution in [1.82, 2.24) is 0 Å². The molecule has 0 aliphatic rings. The van der Waals surface area contributed by atoms with E-state index in [0.29, 0.717) is 12.0 Å². The van der Waals surface area contributed by atoms with E-state index in [0.717, 1.165) is 0 Å². The second kappa shape index (κ2) is 7.07. The van der Waals surface area contributed by atoms with Crippen LogP contribution >= 0.6 is 0 Å². The lowest BCUT2D eigenvalue weighted by atomic mass is 10.0. The fraction of sp³-hybridized carbons (Fsp3) is 0.417. The Morgan fingerprint density at radius 1 is 1.11 bits per heavy atom. The predicted molar refractivity (Wildman–Crippen MR) is 62.0 cm³/mol. The van der Waals surface area contributed by atoms with Gasteiger partial charge in [0.25, 0.3) is 0 Å². The predicted octanol–water partition coefficient (Wildman–Crippen LogP) is -1.29. The van der Waals surface area contributed by atoms with E-state index in [9.17, 15) is 20.1 Å². The van der Waals surface area contributed by atoms with E-state index in [1.165, 1.54) is 0 Å². The number of carbonyl (C=O) groups excluding carboxylic acids is 1. The summed E-state index contributed by atoms with van der Waals surface area (Å²) in [5.74, 6) is 0.347. The molecule has 0 aliphatic carbocycles. The molecule has 0 heterocycles. The zero-order chi connectivity index (χ0) is 13.5. The maximum absolute atomic E-state index is 10.8. The number of hydrogen-bond acceptors (Lipinski definition) is 6. The molecule has 1 aromatic rings. The maximum Gasteiger partial charge on any atom is 0.182 e. The number of aliphatic hydroxyl groups excluding tert-OH is 4. The minimum Gasteiger partial charge on any atom is -0.480 e. The van der Waals surface area contributed by atoms with Crippen LogP contribution in [0.1, 0.15) is 0 Å². The highest BCUT2D eigenvalue weighted by atomic mass is 16.5. The third kappa shape index (κ3) is 3.78. The Labute approximate surface area is 104 Å². The van der Waals surface area contributed by atoms with Crippen LogP contribution in [0.2, 0.25) is 0 Å². The van der Waals surface area contributed by atoms with Gasteiger partial charge in [-0.25, -0.2) is 0 Å². The van der Waals surface area contributed by atoms with Crippen molar-refractivity contribution in [3.63, 3.8) is 0 Å². The molecule has 18 heavy (non-hydrogen) atoms. The highest BCUT2D eigenvalue weighted by molar-refractivity contribution is 5.58. The second-order valence-corrected chi connectivity index (χ2v) is 3.76. The van der Waals surface area contributed by atoms with Crippen molar-refractivity contribution in [2.75, 3.05) is 6.61 Å². The van der Waals surface area contributed by atoms with Crippen molar-refractivity contribution >= 4 is 6.29 Å². The average Bonchev–Trinajstić information content (AvgIpc) is 2.43. The summed E-state index contributed by atoms with van der Waals surface area (Å²) >= 11 is 0. The Morgan fingerprint density at radius 2 is 1.72 bits per heavy atom. The van der Waals surface area contributed by atoms with Crippen molar-refractivity contribution in [3.8, 4) is 5.75 Å². The highest BCUT2D eigenvalue weighted by Crippen LogP contribution is 2.14. The second-order valence-electron chi connectivity index (χ2n) is 3.76. The minimum absolute atomic E-state index is 0.324. The Morgan fingerprint density at radius 3 is 2.22 bits per heavy atom. The molecule has 0 aromatic heterocycles. The standard InChI is InChI=1S/C12H16O6/c13-6-9(15)11(16)12(17)10(7-14)18-8-4-2-1-3-5-8/h1-5,7,9-13,15-17H,6H2/t9-,10+,11-,12-/m1/s1. The molecule has 0 fully saturated rings. The first-order chi connectivity index (χ1) is 8.60. The molecule has 100 valence electrons. The highest BCUT2D eigenvalue weighted by Gasteiger charge is 2.32. The SMILES string of the molecule is O=C[C@H](Oc1ccccc1)[C@@H](O)[C@H](O)[C@H](O)CO. The molecule has 4 N–H and O–H groups in total. The van der Waals surface area contributed by atoms with Gasteiger partial charge in [0.05, 0.1) is 6.61 Å². The quantitative estimate of drug-likeness (QED) is 0.452. The Kier molecular flexibility index (Phi) is 5.73. The van der Waals surface area contributed by atoms with Crippen molar-refractivity contribution in [1.29, 1.82) is 0 Å². The molecule has 4 atom stereocenters. The molecule has 0 spiro atoms. The van der Waals surface area contributed by atoms with E-state index >= 15 is 0 Å². The summed E-state index contributed by atoms with van der Waals surface area (Å²) in [6, 6.07) is 8.28. The van der Waals surface area contributed by atoms with Gasteiger partial charge in [0.1, 0.15) is 24.1 Å². The van der Waals surface area contributed by atoms with Gasteiger partial charge in [0.15, 0.2) is 12.4 Å². The van der Waals surface area contributed by atoms with Crippen LogP contribution in [0.3, 0.4) is 0 Å². The van der Waals surface area contributed by atoms with Crippen LogP contribution in [0.4, 0.5) is 0 Å². The number of carbonyl (C=O) groups is 1. The molecular weight excluding hydrogens is 240 g/mol. The molecule has 0 bridgehead atoms. The molecule has 0 saturated carbocycles. The van der Waals surface area contributed by atoms with Crippen molar-refractivity contribution in [2.24, 2.45) is 0 Å². The molecule has 0 amide bonds. The lowest BCUT2D eigenvalue weighted by molar-refractivity contribution is -0.133. The largest absolute Gasteiger partial charge is 0.480 e. The third-order valence-electron chi connectivity index (χ3n) is 2.42. The topological polar surface area (TPSA) is 107 Å². The van der Waals surface area contributed by atoms with Gasteiger partial charge < -0.3 is 25.2 Å². The number of aliphatic hydroxyl groups is 4. The van der Waals surface area contributed by atoms with Gasteiger partial charge in [-0.05, 0) is 12.1 Å². The summed E-state index contributed by atoms with van der Waals surface area (Å²) < 4.78 is 5.17.